The molecule has 1 saturated heterocycles. The van der Waals surface area contributed by atoms with Crippen LogP contribution in [0.25, 0.3) is 0 Å². The fourth-order valence-electron chi connectivity index (χ4n) is 2.90. The second-order valence-electron chi connectivity index (χ2n) is 6.54. The zero-order valence-electron chi connectivity index (χ0n) is 13.5. The first-order chi connectivity index (χ1) is 11.0. The Labute approximate surface area is 135 Å². The lowest BCUT2D eigenvalue weighted by atomic mass is 10.1. The van der Waals surface area contributed by atoms with E-state index in [0.717, 1.165) is 19.4 Å². The maximum atomic E-state index is 12.5. The minimum Gasteiger partial charge on any atom is -0.376 e. The molecule has 8 nitrogen and oxygen atoms in total. The predicted molar refractivity (Wildman–Crippen MR) is 82.8 cm³/mol. The van der Waals surface area contributed by atoms with Gasteiger partial charge in [-0.3, -0.25) is 14.9 Å². The van der Waals surface area contributed by atoms with Crippen LogP contribution in [0.15, 0.2) is 0 Å². The number of hydrogen-bond acceptors (Lipinski definition) is 5. The van der Waals surface area contributed by atoms with Crippen LogP contribution in [0.2, 0.25) is 0 Å². The standard InChI is InChI=1S/C15H23N5O3/c1-9(2)6-12-17-15-18-13(21)7-11(20(15)19-12)14(22)16-8-10-4-3-5-23-10/h9-11H,3-8H2,1-2H3,(H,16,22)(H,17,18,19,21)/t10-,11+/m1/s1. The Morgan fingerprint density at radius 2 is 2.35 bits per heavy atom. The third kappa shape index (κ3) is 3.69. The third-order valence-electron chi connectivity index (χ3n) is 4.02. The number of nitrogens with one attached hydrogen (secondary N) is 2. The maximum absolute atomic E-state index is 12.5. The van der Waals surface area contributed by atoms with E-state index in [2.05, 4.69) is 34.6 Å². The molecule has 0 aliphatic carbocycles. The molecule has 3 rings (SSSR count). The average molecular weight is 321 g/mol. The lowest BCUT2D eigenvalue weighted by molar-refractivity contribution is -0.129. The van der Waals surface area contributed by atoms with Gasteiger partial charge in [-0.15, -0.1) is 0 Å². The van der Waals surface area contributed by atoms with Crippen molar-refractivity contribution in [2.24, 2.45) is 5.92 Å². The van der Waals surface area contributed by atoms with Gasteiger partial charge in [-0.2, -0.15) is 10.1 Å². The minimum absolute atomic E-state index is 0.0723. The molecule has 3 heterocycles. The van der Waals surface area contributed by atoms with Crippen molar-refractivity contribution in [2.45, 2.75) is 51.7 Å². The molecule has 1 aromatic rings. The van der Waals surface area contributed by atoms with Crippen molar-refractivity contribution in [3.8, 4) is 0 Å². The molecular formula is C15H23N5O3. The van der Waals surface area contributed by atoms with E-state index >= 15 is 0 Å². The van der Waals surface area contributed by atoms with Gasteiger partial charge in [0.15, 0.2) is 5.82 Å². The van der Waals surface area contributed by atoms with Crippen LogP contribution in [0.1, 0.15) is 45.0 Å². The van der Waals surface area contributed by atoms with Crippen LogP contribution in [0.4, 0.5) is 5.95 Å². The second kappa shape index (κ2) is 6.66. The number of ether oxygens (including phenoxy) is 1. The molecule has 2 aliphatic rings. The van der Waals surface area contributed by atoms with Gasteiger partial charge in [0.2, 0.25) is 17.8 Å². The third-order valence-corrected chi connectivity index (χ3v) is 4.02. The van der Waals surface area contributed by atoms with E-state index in [1.165, 1.54) is 4.68 Å². The summed E-state index contributed by atoms with van der Waals surface area (Å²) >= 11 is 0. The van der Waals surface area contributed by atoms with Crippen molar-refractivity contribution in [2.75, 3.05) is 18.5 Å². The fourth-order valence-corrected chi connectivity index (χ4v) is 2.90. The van der Waals surface area contributed by atoms with Crippen molar-refractivity contribution in [3.05, 3.63) is 5.82 Å². The summed E-state index contributed by atoms with van der Waals surface area (Å²) in [5.41, 5.74) is 0. The Balaban J connectivity index is 1.70. The Hall–Kier alpha value is -1.96. The molecule has 0 bridgehead atoms. The number of rotatable bonds is 5. The van der Waals surface area contributed by atoms with Gasteiger partial charge in [0.05, 0.1) is 12.5 Å². The van der Waals surface area contributed by atoms with E-state index in [0.29, 0.717) is 30.7 Å². The van der Waals surface area contributed by atoms with Crippen molar-refractivity contribution in [1.29, 1.82) is 0 Å². The number of aromatic nitrogens is 3. The minimum atomic E-state index is -0.645. The normalized spacial score (nSPS) is 23.7. The molecule has 2 amide bonds. The molecule has 0 radical (unpaired) electrons. The van der Waals surface area contributed by atoms with Crippen LogP contribution in [0.3, 0.4) is 0 Å². The Morgan fingerprint density at radius 3 is 3.04 bits per heavy atom. The first-order valence-electron chi connectivity index (χ1n) is 8.17. The Morgan fingerprint density at radius 1 is 1.52 bits per heavy atom. The lowest BCUT2D eigenvalue weighted by Crippen LogP contribution is -2.41. The van der Waals surface area contributed by atoms with E-state index in [1.54, 1.807) is 0 Å². The number of amides is 2. The summed E-state index contributed by atoms with van der Waals surface area (Å²) in [7, 11) is 0. The molecular weight excluding hydrogens is 298 g/mol. The molecule has 2 N–H and O–H groups in total. The smallest absolute Gasteiger partial charge is 0.245 e. The highest BCUT2D eigenvalue weighted by Crippen LogP contribution is 2.23. The molecule has 0 unspecified atom stereocenters. The van der Waals surface area contributed by atoms with E-state index in [4.69, 9.17) is 4.74 Å². The largest absolute Gasteiger partial charge is 0.376 e. The molecule has 2 atom stereocenters. The van der Waals surface area contributed by atoms with Crippen molar-refractivity contribution < 1.29 is 14.3 Å². The first kappa shape index (κ1) is 15.9. The molecule has 126 valence electrons. The zero-order valence-corrected chi connectivity index (χ0v) is 13.5. The summed E-state index contributed by atoms with van der Waals surface area (Å²) in [6.07, 6.45) is 2.84. The molecule has 0 aromatic carbocycles. The van der Waals surface area contributed by atoms with Gasteiger partial charge in [-0.1, -0.05) is 13.8 Å². The number of anilines is 1. The van der Waals surface area contributed by atoms with Crippen molar-refractivity contribution in [1.82, 2.24) is 20.1 Å². The predicted octanol–water partition coefficient (Wildman–Crippen LogP) is 0.655. The number of fused-ring (bicyclic) bond motifs is 1. The average Bonchev–Trinajstić information content (AvgIpc) is 3.11. The van der Waals surface area contributed by atoms with Crippen LogP contribution < -0.4 is 10.6 Å². The highest BCUT2D eigenvalue weighted by Gasteiger charge is 2.33. The summed E-state index contributed by atoms with van der Waals surface area (Å²) in [5.74, 6) is 0.987. The van der Waals surface area contributed by atoms with Gasteiger partial charge in [0.25, 0.3) is 0 Å². The quantitative estimate of drug-likeness (QED) is 0.830. The van der Waals surface area contributed by atoms with Gasteiger partial charge < -0.3 is 10.1 Å². The molecule has 1 aromatic heterocycles. The number of nitrogens with zero attached hydrogens (tertiary/aromatic N) is 3. The summed E-state index contributed by atoms with van der Waals surface area (Å²) < 4.78 is 7.03. The summed E-state index contributed by atoms with van der Waals surface area (Å²) in [6.45, 7) is 5.37. The van der Waals surface area contributed by atoms with E-state index < -0.39 is 6.04 Å². The van der Waals surface area contributed by atoms with Crippen LogP contribution in [0, 0.1) is 5.92 Å². The van der Waals surface area contributed by atoms with Gasteiger partial charge >= 0.3 is 0 Å². The van der Waals surface area contributed by atoms with Gasteiger partial charge in [0.1, 0.15) is 6.04 Å². The summed E-state index contributed by atoms with van der Waals surface area (Å²) in [4.78, 5) is 28.6. The molecule has 0 spiro atoms. The molecule has 23 heavy (non-hydrogen) atoms. The topological polar surface area (TPSA) is 98.1 Å². The molecule has 0 saturated carbocycles. The van der Waals surface area contributed by atoms with Crippen LogP contribution >= 0.6 is 0 Å². The summed E-state index contributed by atoms with van der Waals surface area (Å²) in [5, 5.41) is 9.96. The Kier molecular flexibility index (Phi) is 4.61. The van der Waals surface area contributed by atoms with Gasteiger partial charge in [-0.25, -0.2) is 4.68 Å². The lowest BCUT2D eigenvalue weighted by Gasteiger charge is -2.23. The van der Waals surface area contributed by atoms with E-state index in [1.807, 2.05) is 0 Å². The maximum Gasteiger partial charge on any atom is 0.245 e. The van der Waals surface area contributed by atoms with E-state index in [9.17, 15) is 9.59 Å². The van der Waals surface area contributed by atoms with Crippen molar-refractivity contribution in [3.63, 3.8) is 0 Å². The highest BCUT2D eigenvalue weighted by atomic mass is 16.5. The molecule has 1 fully saturated rings. The number of hydrogen-bond donors (Lipinski definition) is 2. The highest BCUT2D eigenvalue weighted by molar-refractivity contribution is 5.96. The number of carbonyl (C=O) groups excluding carboxylic acids is 2. The second-order valence-corrected chi connectivity index (χ2v) is 6.54. The zero-order chi connectivity index (χ0) is 16.4. The van der Waals surface area contributed by atoms with Crippen LogP contribution in [-0.2, 0) is 20.7 Å². The Bertz CT molecular complexity index is 592. The summed E-state index contributed by atoms with van der Waals surface area (Å²) in [6, 6.07) is -0.645. The first-order valence-corrected chi connectivity index (χ1v) is 8.17. The molecule has 8 heteroatoms. The molecule has 2 aliphatic heterocycles. The van der Waals surface area contributed by atoms with E-state index in [-0.39, 0.29) is 24.3 Å². The number of carbonyl (C=O) groups is 2. The SMILES string of the molecule is CC(C)Cc1nc2n(n1)[C@H](C(=O)NC[C@H]1CCCO1)CC(=O)N2. The van der Waals surface area contributed by atoms with Gasteiger partial charge in [0, 0.05) is 19.6 Å². The van der Waals surface area contributed by atoms with Crippen LogP contribution in [0.5, 0.6) is 0 Å². The monoisotopic (exact) mass is 321 g/mol. The van der Waals surface area contributed by atoms with Crippen molar-refractivity contribution >= 4 is 17.8 Å². The fraction of sp³-hybridized carbons (Fsp3) is 0.733. The van der Waals surface area contributed by atoms with Crippen LogP contribution in [-0.4, -0.2) is 45.8 Å². The van der Waals surface area contributed by atoms with Gasteiger partial charge in [-0.05, 0) is 18.8 Å².